The summed E-state index contributed by atoms with van der Waals surface area (Å²) in [5.41, 5.74) is 9.57. The summed E-state index contributed by atoms with van der Waals surface area (Å²) in [6.45, 7) is 3.12. The van der Waals surface area contributed by atoms with E-state index < -0.39 is 0 Å². The summed E-state index contributed by atoms with van der Waals surface area (Å²) in [6, 6.07) is 8.29. The number of benzene rings is 1. The van der Waals surface area contributed by atoms with Gasteiger partial charge < -0.3 is 10.3 Å². The molecule has 1 aromatic carbocycles. The van der Waals surface area contributed by atoms with Crippen molar-refractivity contribution in [3.8, 4) is 11.3 Å². The van der Waals surface area contributed by atoms with Gasteiger partial charge in [-0.3, -0.25) is 0 Å². The number of nitrogens with zero attached hydrogens (tertiary/aromatic N) is 2. The molecule has 0 radical (unpaired) electrons. The molecule has 2 heterocycles. The van der Waals surface area contributed by atoms with Crippen molar-refractivity contribution in [2.45, 2.75) is 32.7 Å². The van der Waals surface area contributed by atoms with Gasteiger partial charge in [0.2, 0.25) is 0 Å². The maximum Gasteiger partial charge on any atom is 0.131 e. The fraction of sp³-hybridized carbons (Fsp3) is 0.357. The summed E-state index contributed by atoms with van der Waals surface area (Å²) < 4.78 is 2.17. The number of aromatic nitrogens is 2. The van der Waals surface area contributed by atoms with Crippen LogP contribution in [0.4, 0.5) is 5.82 Å². The van der Waals surface area contributed by atoms with Gasteiger partial charge in [0, 0.05) is 18.5 Å². The van der Waals surface area contributed by atoms with E-state index in [1.54, 1.807) is 0 Å². The molecule has 0 aliphatic carbocycles. The molecule has 0 spiro atoms. The average molecular weight is 227 g/mol. The average Bonchev–Trinajstić information content (AvgIpc) is 2.68. The normalized spacial score (nSPS) is 14.6. The molecule has 3 nitrogen and oxygen atoms in total. The minimum Gasteiger partial charge on any atom is -0.383 e. The Morgan fingerprint density at radius 2 is 2.06 bits per heavy atom. The van der Waals surface area contributed by atoms with Gasteiger partial charge in [-0.15, -0.1) is 0 Å². The molecule has 0 saturated carbocycles. The summed E-state index contributed by atoms with van der Waals surface area (Å²) in [5.74, 6) is 1.97. The molecule has 0 bridgehead atoms. The van der Waals surface area contributed by atoms with Crippen molar-refractivity contribution in [3.63, 3.8) is 0 Å². The number of nitrogen functional groups attached to an aromatic ring is 1. The molecule has 2 aromatic rings. The molecule has 3 heteroatoms. The van der Waals surface area contributed by atoms with Crippen LogP contribution >= 0.6 is 0 Å². The van der Waals surface area contributed by atoms with Crippen LogP contribution in [0.2, 0.25) is 0 Å². The van der Waals surface area contributed by atoms with Crippen molar-refractivity contribution < 1.29 is 0 Å². The lowest BCUT2D eigenvalue weighted by Crippen LogP contribution is -2.12. The zero-order valence-corrected chi connectivity index (χ0v) is 10.1. The topological polar surface area (TPSA) is 43.8 Å². The van der Waals surface area contributed by atoms with Crippen LogP contribution in [0.5, 0.6) is 0 Å². The standard InChI is InChI=1S/C14H17N3/c1-10-6-2-3-7-11(10)13-14(15)17-9-5-4-8-12(17)16-13/h2-3,6-7H,4-5,8-9,15H2,1H3. The van der Waals surface area contributed by atoms with Crippen LogP contribution < -0.4 is 5.73 Å². The molecule has 0 amide bonds. The Balaban J connectivity index is 2.16. The van der Waals surface area contributed by atoms with E-state index >= 15 is 0 Å². The van der Waals surface area contributed by atoms with E-state index in [0.717, 1.165) is 35.9 Å². The molecule has 0 saturated heterocycles. The summed E-state index contributed by atoms with van der Waals surface area (Å²) in [4.78, 5) is 4.72. The van der Waals surface area contributed by atoms with E-state index in [1.807, 2.05) is 12.1 Å². The van der Waals surface area contributed by atoms with E-state index in [9.17, 15) is 0 Å². The van der Waals surface area contributed by atoms with Crippen LogP contribution in [0.15, 0.2) is 24.3 Å². The predicted molar refractivity (Wildman–Crippen MR) is 69.8 cm³/mol. The molecule has 3 rings (SSSR count). The second-order valence-corrected chi connectivity index (χ2v) is 4.69. The lowest BCUT2D eigenvalue weighted by atomic mass is 10.1. The van der Waals surface area contributed by atoms with E-state index in [-0.39, 0.29) is 0 Å². The van der Waals surface area contributed by atoms with Gasteiger partial charge in [-0.25, -0.2) is 4.98 Å². The van der Waals surface area contributed by atoms with Crippen LogP contribution in [0.25, 0.3) is 11.3 Å². The highest BCUT2D eigenvalue weighted by atomic mass is 15.1. The summed E-state index contributed by atoms with van der Waals surface area (Å²) in [7, 11) is 0. The van der Waals surface area contributed by atoms with E-state index in [1.165, 1.54) is 18.4 Å². The van der Waals surface area contributed by atoms with Crippen LogP contribution in [-0.2, 0) is 13.0 Å². The highest BCUT2D eigenvalue weighted by Crippen LogP contribution is 2.31. The minimum atomic E-state index is 0.828. The highest BCUT2D eigenvalue weighted by molar-refractivity contribution is 5.73. The van der Waals surface area contributed by atoms with Crippen LogP contribution in [0.3, 0.4) is 0 Å². The molecular formula is C14H17N3. The second kappa shape index (κ2) is 3.91. The number of nitrogens with two attached hydrogens (primary N) is 1. The summed E-state index contributed by atoms with van der Waals surface area (Å²) in [5, 5.41) is 0. The fourth-order valence-electron chi connectivity index (χ4n) is 2.54. The Bertz CT molecular complexity index is 555. The zero-order chi connectivity index (χ0) is 11.8. The minimum absolute atomic E-state index is 0.828. The van der Waals surface area contributed by atoms with Crippen molar-refractivity contribution in [3.05, 3.63) is 35.7 Å². The Labute approximate surface area is 101 Å². The monoisotopic (exact) mass is 227 g/mol. The van der Waals surface area contributed by atoms with Crippen molar-refractivity contribution in [1.82, 2.24) is 9.55 Å². The number of aryl methyl sites for hydroxylation is 2. The van der Waals surface area contributed by atoms with Gasteiger partial charge in [-0.05, 0) is 25.3 Å². The largest absolute Gasteiger partial charge is 0.383 e. The molecule has 17 heavy (non-hydrogen) atoms. The molecular weight excluding hydrogens is 210 g/mol. The first-order valence-electron chi connectivity index (χ1n) is 6.18. The molecule has 1 aromatic heterocycles. The maximum absolute atomic E-state index is 6.23. The predicted octanol–water partition coefficient (Wildman–Crippen LogP) is 2.78. The molecule has 1 aliphatic rings. The maximum atomic E-state index is 6.23. The number of hydrogen-bond acceptors (Lipinski definition) is 2. The Morgan fingerprint density at radius 3 is 2.82 bits per heavy atom. The first kappa shape index (κ1) is 10.4. The Kier molecular flexibility index (Phi) is 2.39. The Hall–Kier alpha value is -1.77. The van der Waals surface area contributed by atoms with Crippen LogP contribution in [-0.4, -0.2) is 9.55 Å². The SMILES string of the molecule is Cc1ccccc1-c1nc2n(c1N)CCCC2. The van der Waals surface area contributed by atoms with Crippen molar-refractivity contribution >= 4 is 5.82 Å². The first-order valence-corrected chi connectivity index (χ1v) is 6.18. The van der Waals surface area contributed by atoms with Gasteiger partial charge >= 0.3 is 0 Å². The zero-order valence-electron chi connectivity index (χ0n) is 10.1. The third-order valence-corrected chi connectivity index (χ3v) is 3.52. The second-order valence-electron chi connectivity index (χ2n) is 4.69. The molecule has 1 aliphatic heterocycles. The quantitative estimate of drug-likeness (QED) is 0.814. The van der Waals surface area contributed by atoms with Gasteiger partial charge in [0.25, 0.3) is 0 Å². The van der Waals surface area contributed by atoms with Gasteiger partial charge in [0.1, 0.15) is 17.3 Å². The van der Waals surface area contributed by atoms with E-state index in [4.69, 9.17) is 10.7 Å². The number of hydrogen-bond donors (Lipinski definition) is 1. The molecule has 88 valence electrons. The Morgan fingerprint density at radius 1 is 1.24 bits per heavy atom. The van der Waals surface area contributed by atoms with Gasteiger partial charge in [-0.2, -0.15) is 0 Å². The number of anilines is 1. The first-order chi connectivity index (χ1) is 8.27. The third kappa shape index (κ3) is 1.62. The molecule has 2 N–H and O–H groups in total. The lowest BCUT2D eigenvalue weighted by Gasteiger charge is -2.14. The summed E-state index contributed by atoms with van der Waals surface area (Å²) in [6.07, 6.45) is 3.49. The molecule has 0 unspecified atom stereocenters. The van der Waals surface area contributed by atoms with Gasteiger partial charge in [0.05, 0.1) is 0 Å². The molecule has 0 fully saturated rings. The van der Waals surface area contributed by atoms with Crippen molar-refractivity contribution in [2.24, 2.45) is 0 Å². The lowest BCUT2D eigenvalue weighted by molar-refractivity contribution is 0.527. The van der Waals surface area contributed by atoms with Gasteiger partial charge in [-0.1, -0.05) is 24.3 Å². The fourth-order valence-corrected chi connectivity index (χ4v) is 2.54. The summed E-state index contributed by atoms with van der Waals surface area (Å²) >= 11 is 0. The van der Waals surface area contributed by atoms with Crippen molar-refractivity contribution in [1.29, 1.82) is 0 Å². The number of rotatable bonds is 1. The highest BCUT2D eigenvalue weighted by Gasteiger charge is 2.19. The van der Waals surface area contributed by atoms with E-state index in [0.29, 0.717) is 0 Å². The molecule has 0 atom stereocenters. The van der Waals surface area contributed by atoms with Gasteiger partial charge in [0.15, 0.2) is 0 Å². The number of imidazole rings is 1. The third-order valence-electron chi connectivity index (χ3n) is 3.52. The smallest absolute Gasteiger partial charge is 0.131 e. The van der Waals surface area contributed by atoms with Crippen LogP contribution in [0.1, 0.15) is 24.2 Å². The van der Waals surface area contributed by atoms with E-state index in [2.05, 4.69) is 23.6 Å². The van der Waals surface area contributed by atoms with Crippen molar-refractivity contribution in [2.75, 3.05) is 5.73 Å². The van der Waals surface area contributed by atoms with Crippen LogP contribution in [0, 0.1) is 6.92 Å². The number of fused-ring (bicyclic) bond motifs is 1.